The molecule has 1 aromatic carbocycles. The molecule has 2 aromatic rings. The maximum atomic E-state index is 12.9. The lowest BCUT2D eigenvalue weighted by Gasteiger charge is -2.34. The molecule has 0 radical (unpaired) electrons. The second-order valence-corrected chi connectivity index (χ2v) is 6.81. The van der Waals surface area contributed by atoms with Crippen LogP contribution in [0.3, 0.4) is 0 Å². The number of piperazine rings is 1. The largest absolute Gasteiger partial charge is 0.355 e. The summed E-state index contributed by atoms with van der Waals surface area (Å²) in [7, 11) is 0. The van der Waals surface area contributed by atoms with Crippen molar-refractivity contribution in [3.8, 4) is 5.69 Å². The van der Waals surface area contributed by atoms with Gasteiger partial charge < -0.3 is 10.2 Å². The highest BCUT2D eigenvalue weighted by Gasteiger charge is 2.25. The molecule has 1 fully saturated rings. The molecule has 7 heteroatoms. The molecule has 0 spiro atoms. The Morgan fingerprint density at radius 2 is 1.81 bits per heavy atom. The molecule has 0 bridgehead atoms. The number of rotatable bonds is 6. The molecule has 1 N–H and O–H groups in total. The van der Waals surface area contributed by atoms with E-state index in [1.165, 1.54) is 0 Å². The van der Waals surface area contributed by atoms with E-state index in [4.69, 9.17) is 0 Å². The molecule has 144 valence electrons. The third-order valence-electron chi connectivity index (χ3n) is 4.84. The predicted molar refractivity (Wildman–Crippen MR) is 104 cm³/mol. The van der Waals surface area contributed by atoms with Crippen molar-refractivity contribution in [3.63, 3.8) is 0 Å². The van der Waals surface area contributed by atoms with Gasteiger partial charge in [-0.1, -0.05) is 25.1 Å². The predicted octanol–water partition coefficient (Wildman–Crippen LogP) is 1.46. The minimum Gasteiger partial charge on any atom is -0.355 e. The van der Waals surface area contributed by atoms with Gasteiger partial charge in [0.05, 0.1) is 29.7 Å². The molecular weight excluding hydrogens is 342 g/mol. The van der Waals surface area contributed by atoms with Crippen LogP contribution in [0, 0.1) is 6.92 Å². The average molecular weight is 369 g/mol. The number of benzene rings is 1. The summed E-state index contributed by atoms with van der Waals surface area (Å²) in [6.07, 6.45) is 2.58. The van der Waals surface area contributed by atoms with Crippen molar-refractivity contribution in [2.75, 3.05) is 39.3 Å². The van der Waals surface area contributed by atoms with Gasteiger partial charge in [-0.3, -0.25) is 14.5 Å². The zero-order valence-electron chi connectivity index (χ0n) is 16.0. The lowest BCUT2D eigenvalue weighted by Crippen LogP contribution is -2.51. The van der Waals surface area contributed by atoms with E-state index in [0.29, 0.717) is 44.8 Å². The number of nitrogens with one attached hydrogen (secondary N) is 1. The highest BCUT2D eigenvalue weighted by Crippen LogP contribution is 2.16. The van der Waals surface area contributed by atoms with Crippen LogP contribution in [0.4, 0.5) is 0 Å². The Morgan fingerprint density at radius 1 is 1.11 bits per heavy atom. The van der Waals surface area contributed by atoms with Crippen molar-refractivity contribution in [2.24, 2.45) is 0 Å². The molecule has 1 aromatic heterocycles. The number of carbonyl (C=O) groups is 2. The van der Waals surface area contributed by atoms with Crippen LogP contribution in [0.1, 0.15) is 29.4 Å². The fraction of sp³-hybridized carbons (Fsp3) is 0.450. The minimum atomic E-state index is 0.00441. The lowest BCUT2D eigenvalue weighted by molar-refractivity contribution is -0.122. The zero-order chi connectivity index (χ0) is 19.2. The third kappa shape index (κ3) is 4.54. The average Bonchev–Trinajstić information content (AvgIpc) is 3.08. The molecule has 0 saturated carbocycles. The Morgan fingerprint density at radius 3 is 2.48 bits per heavy atom. The maximum Gasteiger partial charge on any atom is 0.257 e. The van der Waals surface area contributed by atoms with Crippen molar-refractivity contribution in [1.29, 1.82) is 0 Å². The summed E-state index contributed by atoms with van der Waals surface area (Å²) in [5.41, 5.74) is 2.41. The number of carbonyl (C=O) groups excluding carboxylic acids is 2. The van der Waals surface area contributed by atoms with Gasteiger partial charge >= 0.3 is 0 Å². The fourth-order valence-corrected chi connectivity index (χ4v) is 3.25. The molecule has 0 unspecified atom stereocenters. The Labute approximate surface area is 159 Å². The van der Waals surface area contributed by atoms with E-state index >= 15 is 0 Å². The summed E-state index contributed by atoms with van der Waals surface area (Å²) < 4.78 is 1.79. The second kappa shape index (κ2) is 8.81. The van der Waals surface area contributed by atoms with Crippen molar-refractivity contribution in [3.05, 3.63) is 47.8 Å². The van der Waals surface area contributed by atoms with Gasteiger partial charge in [0.1, 0.15) is 0 Å². The molecule has 1 aliphatic heterocycles. The van der Waals surface area contributed by atoms with Gasteiger partial charge in [-0.05, 0) is 25.5 Å². The van der Waals surface area contributed by atoms with E-state index in [1.807, 2.05) is 49.1 Å². The molecule has 1 saturated heterocycles. The molecule has 2 amide bonds. The summed E-state index contributed by atoms with van der Waals surface area (Å²) in [5.74, 6) is 0.0568. The van der Waals surface area contributed by atoms with Crippen molar-refractivity contribution in [2.45, 2.75) is 20.3 Å². The first-order valence-electron chi connectivity index (χ1n) is 9.48. The molecule has 7 nitrogen and oxygen atoms in total. The standard InChI is InChI=1S/C20H27N5O2/c1-3-9-21-19(26)15-23-10-12-24(13-11-23)20(27)18-14-22-25(16(18)2)17-7-5-4-6-8-17/h4-8,14H,3,9-13,15H2,1-2H3,(H,21,26). The summed E-state index contributed by atoms with van der Waals surface area (Å²) in [6.45, 7) is 7.71. The van der Waals surface area contributed by atoms with Gasteiger partial charge in [0, 0.05) is 32.7 Å². The van der Waals surface area contributed by atoms with E-state index in [2.05, 4.69) is 15.3 Å². The first-order chi connectivity index (χ1) is 13.1. The number of amides is 2. The highest BCUT2D eigenvalue weighted by molar-refractivity contribution is 5.95. The molecular formula is C20H27N5O2. The normalized spacial score (nSPS) is 15.0. The van der Waals surface area contributed by atoms with E-state index < -0.39 is 0 Å². The number of aromatic nitrogens is 2. The van der Waals surface area contributed by atoms with Crippen LogP contribution in [0.5, 0.6) is 0 Å². The third-order valence-corrected chi connectivity index (χ3v) is 4.84. The Balaban J connectivity index is 1.59. The highest BCUT2D eigenvalue weighted by atomic mass is 16.2. The van der Waals surface area contributed by atoms with Crippen LogP contribution >= 0.6 is 0 Å². The molecule has 1 aliphatic rings. The molecule has 2 heterocycles. The first-order valence-corrected chi connectivity index (χ1v) is 9.48. The number of nitrogens with zero attached hydrogens (tertiary/aromatic N) is 4. The zero-order valence-corrected chi connectivity index (χ0v) is 16.0. The Bertz CT molecular complexity index is 779. The van der Waals surface area contributed by atoms with E-state index in [0.717, 1.165) is 17.8 Å². The van der Waals surface area contributed by atoms with Gasteiger partial charge in [0.15, 0.2) is 0 Å². The van der Waals surface area contributed by atoms with Crippen LogP contribution in [0.2, 0.25) is 0 Å². The smallest absolute Gasteiger partial charge is 0.257 e. The van der Waals surface area contributed by atoms with Crippen molar-refractivity contribution in [1.82, 2.24) is 24.9 Å². The monoisotopic (exact) mass is 369 g/mol. The van der Waals surface area contributed by atoms with E-state index in [-0.39, 0.29) is 11.8 Å². The van der Waals surface area contributed by atoms with E-state index in [1.54, 1.807) is 10.9 Å². The molecule has 3 rings (SSSR count). The molecule has 27 heavy (non-hydrogen) atoms. The van der Waals surface area contributed by atoms with Gasteiger partial charge in [0.25, 0.3) is 5.91 Å². The number of para-hydroxylation sites is 1. The topological polar surface area (TPSA) is 70.5 Å². The van der Waals surface area contributed by atoms with Gasteiger partial charge in [-0.15, -0.1) is 0 Å². The van der Waals surface area contributed by atoms with Crippen LogP contribution in [-0.4, -0.2) is 70.7 Å². The number of hydrogen-bond donors (Lipinski definition) is 1. The summed E-state index contributed by atoms with van der Waals surface area (Å²) >= 11 is 0. The molecule has 0 atom stereocenters. The summed E-state index contributed by atoms with van der Waals surface area (Å²) in [4.78, 5) is 28.7. The van der Waals surface area contributed by atoms with Crippen LogP contribution < -0.4 is 5.32 Å². The van der Waals surface area contributed by atoms with Crippen molar-refractivity contribution >= 4 is 11.8 Å². The quantitative estimate of drug-likeness (QED) is 0.837. The van der Waals surface area contributed by atoms with Crippen LogP contribution in [-0.2, 0) is 4.79 Å². The van der Waals surface area contributed by atoms with E-state index in [9.17, 15) is 9.59 Å². The Kier molecular flexibility index (Phi) is 6.24. The van der Waals surface area contributed by atoms with Gasteiger partial charge in [0.2, 0.25) is 5.91 Å². The van der Waals surface area contributed by atoms with Gasteiger partial charge in [-0.25, -0.2) is 4.68 Å². The molecule has 0 aliphatic carbocycles. The fourth-order valence-electron chi connectivity index (χ4n) is 3.25. The van der Waals surface area contributed by atoms with Crippen LogP contribution in [0.15, 0.2) is 36.5 Å². The summed E-state index contributed by atoms with van der Waals surface area (Å²) in [6, 6.07) is 9.80. The SMILES string of the molecule is CCCNC(=O)CN1CCN(C(=O)c2cnn(-c3ccccc3)c2C)CC1. The Hall–Kier alpha value is -2.67. The lowest BCUT2D eigenvalue weighted by atomic mass is 10.2. The number of hydrogen-bond acceptors (Lipinski definition) is 4. The minimum absolute atomic E-state index is 0.00441. The first kappa shape index (κ1) is 19.1. The van der Waals surface area contributed by atoms with Gasteiger partial charge in [-0.2, -0.15) is 5.10 Å². The van der Waals surface area contributed by atoms with Crippen molar-refractivity contribution < 1.29 is 9.59 Å². The second-order valence-electron chi connectivity index (χ2n) is 6.81. The van der Waals surface area contributed by atoms with Crippen LogP contribution in [0.25, 0.3) is 5.69 Å². The maximum absolute atomic E-state index is 12.9. The summed E-state index contributed by atoms with van der Waals surface area (Å²) in [5, 5.41) is 7.28.